The first-order valence-corrected chi connectivity index (χ1v) is 4.29. The molecule has 1 unspecified atom stereocenters. The maximum absolute atomic E-state index is 11.9. The zero-order valence-corrected chi connectivity index (χ0v) is 7.98. The number of carbonyl (C=O) groups excluding carboxylic acids is 1. The summed E-state index contributed by atoms with van der Waals surface area (Å²) in [6.45, 7) is 0. The van der Waals surface area contributed by atoms with Crippen LogP contribution in [0.2, 0.25) is 0 Å². The summed E-state index contributed by atoms with van der Waals surface area (Å²) in [6, 6.07) is -1.40. The molecule has 0 bridgehead atoms. The molecule has 3 N–H and O–H groups in total. The summed E-state index contributed by atoms with van der Waals surface area (Å²) in [5, 5.41) is 10.4. The molecule has 0 fully saturated rings. The quantitative estimate of drug-likeness (QED) is 0.655. The van der Waals surface area contributed by atoms with Crippen molar-refractivity contribution in [2.24, 2.45) is 0 Å². The monoisotopic (exact) mass is 233 g/mol. The summed E-state index contributed by atoms with van der Waals surface area (Å²) in [5.41, 5.74) is 0.432. The smallest absolute Gasteiger partial charge is 0.326 e. The average Bonchev–Trinajstić information content (AvgIpc) is 2.68. The fraction of sp³-hybridized carbons (Fsp3) is 0.375. The predicted octanol–water partition coefficient (Wildman–Crippen LogP) is -0.213. The van der Waals surface area contributed by atoms with Gasteiger partial charge in [0.2, 0.25) is 0 Å². The molecule has 1 heterocycles. The number of alkyl halides is 2. The van der Waals surface area contributed by atoms with Gasteiger partial charge >= 0.3 is 12.4 Å². The number of aromatic nitrogens is 2. The van der Waals surface area contributed by atoms with Crippen LogP contribution in [0, 0.1) is 0 Å². The number of rotatable bonds is 5. The summed E-state index contributed by atoms with van der Waals surface area (Å²) in [6.07, 6.45) is -0.690. The van der Waals surface area contributed by atoms with Gasteiger partial charge in [-0.3, -0.25) is 4.79 Å². The largest absolute Gasteiger partial charge is 0.480 e. The number of carbonyl (C=O) groups is 2. The van der Waals surface area contributed by atoms with Crippen LogP contribution in [0.3, 0.4) is 0 Å². The molecule has 1 aromatic heterocycles. The van der Waals surface area contributed by atoms with E-state index in [1.165, 1.54) is 12.5 Å². The number of imidazole rings is 1. The van der Waals surface area contributed by atoms with Gasteiger partial charge in [0, 0.05) is 18.3 Å². The lowest BCUT2D eigenvalue weighted by molar-refractivity contribution is -0.144. The van der Waals surface area contributed by atoms with E-state index in [4.69, 9.17) is 5.11 Å². The summed E-state index contributed by atoms with van der Waals surface area (Å²) in [7, 11) is 0. The number of aromatic amines is 1. The molecule has 1 amide bonds. The number of halogens is 2. The van der Waals surface area contributed by atoms with Crippen molar-refractivity contribution in [2.45, 2.75) is 18.9 Å². The Hall–Kier alpha value is -1.99. The molecule has 1 atom stereocenters. The van der Waals surface area contributed by atoms with Crippen molar-refractivity contribution < 1.29 is 23.5 Å². The summed E-state index contributed by atoms with van der Waals surface area (Å²) in [4.78, 5) is 27.6. The molecule has 0 aromatic carbocycles. The van der Waals surface area contributed by atoms with Gasteiger partial charge in [-0.1, -0.05) is 0 Å². The third-order valence-corrected chi connectivity index (χ3v) is 1.79. The maximum Gasteiger partial charge on any atom is 0.326 e. The molecule has 0 radical (unpaired) electrons. The van der Waals surface area contributed by atoms with Gasteiger partial charge in [-0.15, -0.1) is 0 Å². The van der Waals surface area contributed by atoms with Crippen molar-refractivity contribution in [3.63, 3.8) is 0 Å². The molecule has 0 saturated heterocycles. The zero-order valence-electron chi connectivity index (χ0n) is 7.98. The van der Waals surface area contributed by atoms with Gasteiger partial charge in [0.1, 0.15) is 6.04 Å². The number of carboxylic acid groups (broad SMARTS) is 1. The fourth-order valence-electron chi connectivity index (χ4n) is 1.05. The van der Waals surface area contributed by atoms with Crippen molar-refractivity contribution in [1.29, 1.82) is 0 Å². The number of hydrogen-bond donors (Lipinski definition) is 3. The molecule has 0 aliphatic carbocycles. The van der Waals surface area contributed by atoms with Crippen LogP contribution in [0.5, 0.6) is 0 Å². The van der Waals surface area contributed by atoms with Gasteiger partial charge in [0.25, 0.3) is 5.91 Å². The van der Waals surface area contributed by atoms with E-state index in [2.05, 4.69) is 9.97 Å². The minimum Gasteiger partial charge on any atom is -0.480 e. The normalized spacial score (nSPS) is 12.4. The maximum atomic E-state index is 11.9. The highest BCUT2D eigenvalue weighted by molar-refractivity contribution is 5.85. The molecule has 88 valence electrons. The lowest BCUT2D eigenvalue weighted by Gasteiger charge is -2.12. The van der Waals surface area contributed by atoms with Gasteiger partial charge in [-0.2, -0.15) is 8.78 Å². The highest BCUT2D eigenvalue weighted by Crippen LogP contribution is 2.00. The minimum atomic E-state index is -3.23. The van der Waals surface area contributed by atoms with Crippen molar-refractivity contribution >= 4 is 11.9 Å². The molecule has 1 rings (SSSR count). The van der Waals surface area contributed by atoms with Crippen molar-refractivity contribution in [2.75, 3.05) is 0 Å². The Morgan fingerprint density at radius 1 is 1.56 bits per heavy atom. The standard InChI is InChI=1S/C8H9F2N3O3/c9-6(10)7(14)13-5(8(15)16)1-4-2-11-3-12-4/h2-3,5-6H,1H2,(H,11,12)(H,13,14)(H,15,16). The first kappa shape index (κ1) is 12.1. The third-order valence-electron chi connectivity index (χ3n) is 1.79. The Kier molecular flexibility index (Phi) is 3.92. The van der Waals surface area contributed by atoms with E-state index in [1.54, 1.807) is 5.32 Å². The second-order valence-electron chi connectivity index (χ2n) is 2.98. The van der Waals surface area contributed by atoms with Gasteiger partial charge in [0.05, 0.1) is 6.33 Å². The van der Waals surface area contributed by atoms with Crippen LogP contribution in [0.1, 0.15) is 5.69 Å². The zero-order chi connectivity index (χ0) is 12.1. The summed E-state index contributed by atoms with van der Waals surface area (Å²) < 4.78 is 23.8. The van der Waals surface area contributed by atoms with E-state index < -0.39 is 24.3 Å². The fourth-order valence-corrected chi connectivity index (χ4v) is 1.05. The summed E-state index contributed by atoms with van der Waals surface area (Å²) in [5.74, 6) is -2.99. The van der Waals surface area contributed by atoms with Crippen LogP contribution in [-0.4, -0.2) is 39.4 Å². The molecule has 16 heavy (non-hydrogen) atoms. The van der Waals surface area contributed by atoms with Gasteiger partial charge in [-0.05, 0) is 0 Å². The van der Waals surface area contributed by atoms with E-state index in [-0.39, 0.29) is 6.42 Å². The molecule has 0 aliphatic rings. The minimum absolute atomic E-state index is 0.131. The second kappa shape index (κ2) is 5.19. The van der Waals surface area contributed by atoms with Crippen molar-refractivity contribution in [1.82, 2.24) is 15.3 Å². The summed E-state index contributed by atoms with van der Waals surface area (Å²) >= 11 is 0. The van der Waals surface area contributed by atoms with Crippen molar-refractivity contribution in [3.8, 4) is 0 Å². The van der Waals surface area contributed by atoms with Crippen molar-refractivity contribution in [3.05, 3.63) is 18.2 Å². The second-order valence-corrected chi connectivity index (χ2v) is 2.98. The molecule has 0 spiro atoms. The Morgan fingerprint density at radius 3 is 2.69 bits per heavy atom. The van der Waals surface area contributed by atoms with E-state index in [1.807, 2.05) is 0 Å². The SMILES string of the molecule is O=C(NC(Cc1cnc[nH]1)C(=O)O)C(F)F. The molecule has 6 nitrogen and oxygen atoms in total. The van der Waals surface area contributed by atoms with Gasteiger partial charge in [0.15, 0.2) is 0 Å². The topological polar surface area (TPSA) is 95.1 Å². The molecule has 0 saturated carbocycles. The van der Waals surface area contributed by atoms with Crippen LogP contribution in [0.15, 0.2) is 12.5 Å². The third kappa shape index (κ3) is 3.30. The lowest BCUT2D eigenvalue weighted by Crippen LogP contribution is -2.44. The predicted molar refractivity (Wildman–Crippen MR) is 47.9 cm³/mol. The number of H-pyrrole nitrogens is 1. The number of nitrogens with one attached hydrogen (secondary N) is 2. The Bertz CT molecular complexity index is 367. The highest BCUT2D eigenvalue weighted by atomic mass is 19.3. The van der Waals surface area contributed by atoms with E-state index in [0.717, 1.165) is 0 Å². The number of amides is 1. The van der Waals surface area contributed by atoms with Gasteiger partial charge < -0.3 is 15.4 Å². The Labute approximate surface area is 88.7 Å². The number of nitrogens with zero attached hydrogens (tertiary/aromatic N) is 1. The molecule has 8 heteroatoms. The van der Waals surface area contributed by atoms with Crippen LogP contribution >= 0.6 is 0 Å². The molecule has 0 aliphatic heterocycles. The molecule has 1 aromatic rings. The lowest BCUT2D eigenvalue weighted by atomic mass is 10.1. The number of hydrogen-bond acceptors (Lipinski definition) is 3. The molecular formula is C8H9F2N3O3. The van der Waals surface area contributed by atoms with Crippen LogP contribution in [-0.2, 0) is 16.0 Å². The van der Waals surface area contributed by atoms with Crippen LogP contribution < -0.4 is 5.32 Å². The molecular weight excluding hydrogens is 224 g/mol. The average molecular weight is 233 g/mol. The first-order valence-electron chi connectivity index (χ1n) is 4.29. The number of carboxylic acids is 1. The van der Waals surface area contributed by atoms with Gasteiger partial charge in [-0.25, -0.2) is 9.78 Å². The number of aliphatic carboxylic acids is 1. The van der Waals surface area contributed by atoms with E-state index >= 15 is 0 Å². The Morgan fingerprint density at radius 2 is 2.25 bits per heavy atom. The van der Waals surface area contributed by atoms with Crippen LogP contribution in [0.4, 0.5) is 8.78 Å². The van der Waals surface area contributed by atoms with Crippen LogP contribution in [0.25, 0.3) is 0 Å². The van der Waals surface area contributed by atoms with E-state index in [9.17, 15) is 18.4 Å². The Balaban J connectivity index is 2.62. The highest BCUT2D eigenvalue weighted by Gasteiger charge is 2.25. The van der Waals surface area contributed by atoms with E-state index in [0.29, 0.717) is 5.69 Å². The first-order chi connectivity index (χ1) is 7.50.